The number of ether oxygens (including phenoxy) is 2. The third-order valence-corrected chi connectivity index (χ3v) is 2.84. The van der Waals surface area contributed by atoms with E-state index in [1.54, 1.807) is 7.11 Å². The third kappa shape index (κ3) is 7.19. The van der Waals surface area contributed by atoms with E-state index in [1.807, 2.05) is 12.1 Å². The topological polar surface area (TPSA) is 30.5 Å². The van der Waals surface area contributed by atoms with E-state index in [-0.39, 0.29) is 6.10 Å². The third-order valence-electron chi connectivity index (χ3n) is 2.84. The van der Waals surface area contributed by atoms with Gasteiger partial charge in [-0.3, -0.25) is 0 Å². The van der Waals surface area contributed by atoms with Crippen LogP contribution in [0.4, 0.5) is 0 Å². The highest BCUT2D eigenvalue weighted by Gasteiger charge is 2.04. The van der Waals surface area contributed by atoms with E-state index in [9.17, 15) is 0 Å². The summed E-state index contributed by atoms with van der Waals surface area (Å²) >= 11 is 0. The van der Waals surface area contributed by atoms with E-state index in [2.05, 4.69) is 38.2 Å². The first-order valence-electron chi connectivity index (χ1n) is 7.07. The molecule has 3 nitrogen and oxygen atoms in total. The molecule has 1 N–H and O–H groups in total. The van der Waals surface area contributed by atoms with Gasteiger partial charge in [0.2, 0.25) is 0 Å². The molecule has 0 aliphatic rings. The van der Waals surface area contributed by atoms with Crippen molar-refractivity contribution < 1.29 is 9.47 Å². The lowest BCUT2D eigenvalue weighted by Gasteiger charge is -2.16. The Morgan fingerprint density at radius 2 is 1.74 bits per heavy atom. The Balaban J connectivity index is 2.31. The molecule has 3 heteroatoms. The molecule has 0 spiro atoms. The van der Waals surface area contributed by atoms with Gasteiger partial charge in [-0.25, -0.2) is 0 Å². The average Bonchev–Trinajstić information content (AvgIpc) is 2.37. The van der Waals surface area contributed by atoms with Gasteiger partial charge in [-0.15, -0.1) is 0 Å². The molecule has 0 heterocycles. The van der Waals surface area contributed by atoms with Crippen LogP contribution < -0.4 is 10.1 Å². The van der Waals surface area contributed by atoms with Crippen molar-refractivity contribution in [3.63, 3.8) is 0 Å². The maximum atomic E-state index is 5.86. The molecule has 1 aromatic rings. The predicted molar refractivity (Wildman–Crippen MR) is 79.8 cm³/mol. The summed E-state index contributed by atoms with van der Waals surface area (Å²) in [5.74, 6) is 1.60. The number of hydrogen-bond acceptors (Lipinski definition) is 3. The summed E-state index contributed by atoms with van der Waals surface area (Å²) in [7, 11) is 1.73. The minimum absolute atomic E-state index is 0.184. The van der Waals surface area contributed by atoms with Crippen molar-refractivity contribution in [1.82, 2.24) is 5.32 Å². The van der Waals surface area contributed by atoms with Crippen molar-refractivity contribution in [2.24, 2.45) is 5.92 Å². The Morgan fingerprint density at radius 1 is 1.05 bits per heavy atom. The molecule has 108 valence electrons. The largest absolute Gasteiger partial charge is 0.489 e. The summed E-state index contributed by atoms with van der Waals surface area (Å²) in [6, 6.07) is 8.26. The molecule has 1 atom stereocenters. The molecule has 1 unspecified atom stereocenters. The Labute approximate surface area is 117 Å². The van der Waals surface area contributed by atoms with E-state index < -0.39 is 0 Å². The lowest BCUT2D eigenvalue weighted by molar-refractivity contribution is 0.202. The van der Waals surface area contributed by atoms with E-state index in [4.69, 9.17) is 9.47 Å². The lowest BCUT2D eigenvalue weighted by Crippen LogP contribution is -2.31. The second-order valence-electron chi connectivity index (χ2n) is 5.37. The van der Waals surface area contributed by atoms with Crippen molar-refractivity contribution in [3.05, 3.63) is 29.8 Å². The Hall–Kier alpha value is -1.06. The summed E-state index contributed by atoms with van der Waals surface area (Å²) in [4.78, 5) is 0. The second kappa shape index (κ2) is 8.94. The van der Waals surface area contributed by atoms with Gasteiger partial charge in [-0.1, -0.05) is 26.0 Å². The van der Waals surface area contributed by atoms with Crippen LogP contribution in [0.25, 0.3) is 0 Å². The highest BCUT2D eigenvalue weighted by molar-refractivity contribution is 5.27. The van der Waals surface area contributed by atoms with E-state index in [0.29, 0.717) is 5.92 Å². The van der Waals surface area contributed by atoms with Gasteiger partial charge in [0.15, 0.2) is 0 Å². The fourth-order valence-corrected chi connectivity index (χ4v) is 1.80. The van der Waals surface area contributed by atoms with Crippen LogP contribution in [0.5, 0.6) is 5.75 Å². The molecule has 0 bridgehead atoms. The van der Waals surface area contributed by atoms with Crippen LogP contribution in [0.15, 0.2) is 24.3 Å². The van der Waals surface area contributed by atoms with Crippen LogP contribution in [0.3, 0.4) is 0 Å². The standard InChI is InChI=1S/C16H27NO2/c1-13(2)11-17-12-14(3)19-16-7-5-15(6-8-16)9-10-18-4/h5-8,13-14,17H,9-12H2,1-4H3. The first-order valence-corrected chi connectivity index (χ1v) is 7.07. The number of nitrogens with one attached hydrogen (secondary N) is 1. The minimum atomic E-state index is 0.184. The van der Waals surface area contributed by atoms with Crippen LogP contribution in [0.2, 0.25) is 0 Å². The van der Waals surface area contributed by atoms with Gasteiger partial charge >= 0.3 is 0 Å². The molecule has 0 aliphatic carbocycles. The maximum Gasteiger partial charge on any atom is 0.119 e. The highest BCUT2D eigenvalue weighted by atomic mass is 16.5. The normalized spacial score (nSPS) is 12.7. The molecule has 0 saturated carbocycles. The predicted octanol–water partition coefficient (Wildman–Crippen LogP) is 2.89. The Kier molecular flexibility index (Phi) is 7.53. The van der Waals surface area contributed by atoms with Crippen molar-refractivity contribution in [2.75, 3.05) is 26.8 Å². The quantitative estimate of drug-likeness (QED) is 0.744. The van der Waals surface area contributed by atoms with Gasteiger partial charge in [0.05, 0.1) is 6.61 Å². The van der Waals surface area contributed by atoms with Crippen LogP contribution in [0.1, 0.15) is 26.3 Å². The molecule has 19 heavy (non-hydrogen) atoms. The molecule has 0 aromatic heterocycles. The summed E-state index contributed by atoms with van der Waals surface area (Å²) in [5, 5.41) is 3.40. The lowest BCUT2D eigenvalue weighted by atomic mass is 10.1. The number of benzene rings is 1. The number of methoxy groups -OCH3 is 1. The summed E-state index contributed by atoms with van der Waals surface area (Å²) in [6.07, 6.45) is 1.13. The monoisotopic (exact) mass is 265 g/mol. The first kappa shape index (κ1) is 16.0. The Bertz CT molecular complexity index is 335. The fourth-order valence-electron chi connectivity index (χ4n) is 1.80. The smallest absolute Gasteiger partial charge is 0.119 e. The maximum absolute atomic E-state index is 5.86. The second-order valence-corrected chi connectivity index (χ2v) is 5.37. The van der Waals surface area contributed by atoms with Crippen LogP contribution in [-0.2, 0) is 11.2 Å². The zero-order chi connectivity index (χ0) is 14.1. The minimum Gasteiger partial charge on any atom is -0.489 e. The zero-order valence-corrected chi connectivity index (χ0v) is 12.6. The van der Waals surface area contributed by atoms with Crippen LogP contribution >= 0.6 is 0 Å². The fraction of sp³-hybridized carbons (Fsp3) is 0.625. The first-order chi connectivity index (χ1) is 9.11. The van der Waals surface area contributed by atoms with E-state index in [1.165, 1.54) is 5.56 Å². The molecule has 1 rings (SSSR count). The van der Waals surface area contributed by atoms with Crippen LogP contribution in [-0.4, -0.2) is 32.9 Å². The van der Waals surface area contributed by atoms with Crippen LogP contribution in [0, 0.1) is 5.92 Å². The van der Waals surface area contributed by atoms with Gasteiger partial charge in [-0.2, -0.15) is 0 Å². The van der Waals surface area contributed by atoms with Crippen molar-refractivity contribution in [2.45, 2.75) is 33.3 Å². The number of rotatable bonds is 9. The molecule has 1 aromatic carbocycles. The Morgan fingerprint density at radius 3 is 2.32 bits per heavy atom. The van der Waals surface area contributed by atoms with E-state index >= 15 is 0 Å². The molecule has 0 radical (unpaired) electrons. The van der Waals surface area contributed by atoms with E-state index in [0.717, 1.165) is 31.9 Å². The van der Waals surface area contributed by atoms with Gasteiger partial charge in [-0.05, 0) is 43.5 Å². The van der Waals surface area contributed by atoms with Crippen molar-refractivity contribution >= 4 is 0 Å². The van der Waals surface area contributed by atoms with Gasteiger partial charge in [0.25, 0.3) is 0 Å². The van der Waals surface area contributed by atoms with Gasteiger partial charge in [0.1, 0.15) is 11.9 Å². The molecular weight excluding hydrogens is 238 g/mol. The average molecular weight is 265 g/mol. The molecule has 0 saturated heterocycles. The summed E-state index contributed by atoms with van der Waals surface area (Å²) < 4.78 is 10.9. The summed E-state index contributed by atoms with van der Waals surface area (Å²) in [5.41, 5.74) is 1.28. The van der Waals surface area contributed by atoms with Gasteiger partial charge < -0.3 is 14.8 Å². The molecule has 0 fully saturated rings. The van der Waals surface area contributed by atoms with Gasteiger partial charge in [0, 0.05) is 13.7 Å². The molecule has 0 amide bonds. The van der Waals surface area contributed by atoms with Crippen molar-refractivity contribution in [1.29, 1.82) is 0 Å². The molecule has 0 aliphatic heterocycles. The number of hydrogen-bond donors (Lipinski definition) is 1. The molecular formula is C16H27NO2. The van der Waals surface area contributed by atoms with Crippen molar-refractivity contribution in [3.8, 4) is 5.75 Å². The highest BCUT2D eigenvalue weighted by Crippen LogP contribution is 2.14. The SMILES string of the molecule is COCCc1ccc(OC(C)CNCC(C)C)cc1. The zero-order valence-electron chi connectivity index (χ0n) is 12.6. The summed E-state index contributed by atoms with van der Waals surface area (Å²) in [6.45, 7) is 9.17.